The first-order valence-electron chi connectivity index (χ1n) is 7.75. The zero-order valence-corrected chi connectivity index (χ0v) is 15.0. The highest BCUT2D eigenvalue weighted by Crippen LogP contribution is 2.20. The Morgan fingerprint density at radius 3 is 2.33 bits per heavy atom. The second-order valence-electron chi connectivity index (χ2n) is 5.74. The molecule has 5 heteroatoms. The van der Waals surface area contributed by atoms with Crippen LogP contribution in [0.3, 0.4) is 0 Å². The number of carbonyl (C=O) groups is 2. The molecule has 126 valence electrons. The summed E-state index contributed by atoms with van der Waals surface area (Å²) in [5.41, 5.74) is 4.86. The fraction of sp³-hybridized carbons (Fsp3) is 0.263. The zero-order valence-electron chi connectivity index (χ0n) is 14.2. The van der Waals surface area contributed by atoms with Gasteiger partial charge in [0.05, 0.1) is 5.75 Å². The summed E-state index contributed by atoms with van der Waals surface area (Å²) < 4.78 is 0. The number of anilines is 2. The molecule has 2 N–H and O–H groups in total. The van der Waals surface area contributed by atoms with E-state index in [4.69, 9.17) is 0 Å². The second kappa shape index (κ2) is 8.55. The Labute approximate surface area is 147 Å². The van der Waals surface area contributed by atoms with Crippen LogP contribution in [0.15, 0.2) is 42.5 Å². The van der Waals surface area contributed by atoms with Crippen LogP contribution < -0.4 is 10.6 Å². The molecule has 0 atom stereocenters. The Hall–Kier alpha value is -2.27. The van der Waals surface area contributed by atoms with Crippen molar-refractivity contribution in [3.63, 3.8) is 0 Å². The fourth-order valence-corrected chi connectivity index (χ4v) is 3.00. The number of nitrogens with one attached hydrogen (secondary N) is 2. The predicted molar refractivity (Wildman–Crippen MR) is 101 cm³/mol. The Kier molecular flexibility index (Phi) is 6.44. The van der Waals surface area contributed by atoms with Crippen molar-refractivity contribution in [1.29, 1.82) is 0 Å². The van der Waals surface area contributed by atoms with Crippen LogP contribution in [-0.4, -0.2) is 17.6 Å². The molecule has 0 aromatic heterocycles. The van der Waals surface area contributed by atoms with Gasteiger partial charge in [-0.3, -0.25) is 9.59 Å². The molecule has 0 bridgehead atoms. The topological polar surface area (TPSA) is 58.2 Å². The van der Waals surface area contributed by atoms with Gasteiger partial charge in [-0.1, -0.05) is 29.8 Å². The molecule has 2 aromatic carbocycles. The van der Waals surface area contributed by atoms with Gasteiger partial charge in [-0.25, -0.2) is 0 Å². The van der Waals surface area contributed by atoms with Crippen LogP contribution in [0, 0.1) is 13.8 Å². The number of hydrogen-bond donors (Lipinski definition) is 2. The average molecular weight is 342 g/mol. The summed E-state index contributed by atoms with van der Waals surface area (Å²) in [5, 5.41) is 5.64. The molecule has 0 aliphatic heterocycles. The van der Waals surface area contributed by atoms with Crippen LogP contribution in [0.25, 0.3) is 0 Å². The zero-order chi connectivity index (χ0) is 17.5. The van der Waals surface area contributed by atoms with Crippen molar-refractivity contribution in [3.8, 4) is 0 Å². The fourth-order valence-electron chi connectivity index (χ4n) is 2.21. The number of benzene rings is 2. The SMILES string of the molecule is CC(=O)Nc1ccc(NC(=O)CSCc2ccc(C)cc2)cc1C. The van der Waals surface area contributed by atoms with Crippen LogP contribution >= 0.6 is 11.8 Å². The van der Waals surface area contributed by atoms with Crippen LogP contribution in [0.5, 0.6) is 0 Å². The van der Waals surface area contributed by atoms with E-state index in [0.717, 1.165) is 22.7 Å². The summed E-state index contributed by atoms with van der Waals surface area (Å²) in [4.78, 5) is 23.1. The smallest absolute Gasteiger partial charge is 0.234 e. The number of carbonyl (C=O) groups excluding carboxylic acids is 2. The predicted octanol–water partition coefficient (Wildman–Crippen LogP) is 4.13. The maximum absolute atomic E-state index is 12.0. The monoisotopic (exact) mass is 342 g/mol. The van der Waals surface area contributed by atoms with Crippen molar-refractivity contribution in [2.24, 2.45) is 0 Å². The van der Waals surface area contributed by atoms with Gasteiger partial charge in [0.15, 0.2) is 0 Å². The Bertz CT molecular complexity index is 727. The van der Waals surface area contributed by atoms with E-state index in [1.54, 1.807) is 23.9 Å². The van der Waals surface area contributed by atoms with Gasteiger partial charge in [0.1, 0.15) is 0 Å². The quantitative estimate of drug-likeness (QED) is 0.830. The number of rotatable bonds is 6. The van der Waals surface area contributed by atoms with Gasteiger partial charge < -0.3 is 10.6 Å². The lowest BCUT2D eigenvalue weighted by molar-refractivity contribution is -0.114. The molecule has 0 aliphatic rings. The Morgan fingerprint density at radius 1 is 1.00 bits per heavy atom. The minimum Gasteiger partial charge on any atom is -0.326 e. The minimum absolute atomic E-state index is 0.0289. The van der Waals surface area contributed by atoms with E-state index in [2.05, 4.69) is 41.8 Å². The lowest BCUT2D eigenvalue weighted by atomic mass is 10.1. The van der Waals surface area contributed by atoms with E-state index in [-0.39, 0.29) is 11.8 Å². The third-order valence-electron chi connectivity index (χ3n) is 3.44. The molecule has 0 radical (unpaired) electrons. The lowest BCUT2D eigenvalue weighted by Gasteiger charge is -2.10. The molecule has 2 amide bonds. The Morgan fingerprint density at radius 2 is 1.71 bits per heavy atom. The molecule has 0 saturated carbocycles. The number of amides is 2. The molecule has 2 rings (SSSR count). The molecule has 2 aromatic rings. The van der Waals surface area contributed by atoms with E-state index in [9.17, 15) is 9.59 Å². The lowest BCUT2D eigenvalue weighted by Crippen LogP contribution is -2.14. The maximum atomic E-state index is 12.0. The largest absolute Gasteiger partial charge is 0.326 e. The Balaban J connectivity index is 1.82. The normalized spacial score (nSPS) is 10.3. The summed E-state index contributed by atoms with van der Waals surface area (Å²) in [7, 11) is 0. The van der Waals surface area contributed by atoms with Crippen LogP contribution in [-0.2, 0) is 15.3 Å². The molecule has 24 heavy (non-hydrogen) atoms. The van der Waals surface area contributed by atoms with Gasteiger partial charge in [0.2, 0.25) is 11.8 Å². The van der Waals surface area contributed by atoms with Crippen molar-refractivity contribution < 1.29 is 9.59 Å². The van der Waals surface area contributed by atoms with E-state index in [1.165, 1.54) is 18.1 Å². The number of thioether (sulfide) groups is 1. The molecule has 0 unspecified atom stereocenters. The molecule has 0 fully saturated rings. The van der Waals surface area contributed by atoms with Gasteiger partial charge >= 0.3 is 0 Å². The third kappa shape index (κ3) is 5.74. The van der Waals surface area contributed by atoms with Crippen molar-refractivity contribution >= 4 is 35.0 Å². The molecule has 0 aliphatic carbocycles. The highest BCUT2D eigenvalue weighted by molar-refractivity contribution is 7.99. The third-order valence-corrected chi connectivity index (χ3v) is 4.45. The second-order valence-corrected chi connectivity index (χ2v) is 6.72. The van der Waals surface area contributed by atoms with Crippen LogP contribution in [0.1, 0.15) is 23.6 Å². The standard InChI is InChI=1S/C19H22N2O2S/c1-13-4-6-16(7-5-13)11-24-12-19(23)21-17-8-9-18(14(2)10-17)20-15(3)22/h4-10H,11-12H2,1-3H3,(H,20,22)(H,21,23). The van der Waals surface area contributed by atoms with Gasteiger partial charge in [0, 0.05) is 24.1 Å². The van der Waals surface area contributed by atoms with E-state index < -0.39 is 0 Å². The van der Waals surface area contributed by atoms with Crippen molar-refractivity contribution in [3.05, 3.63) is 59.2 Å². The van der Waals surface area contributed by atoms with Crippen molar-refractivity contribution in [2.75, 3.05) is 16.4 Å². The van der Waals surface area contributed by atoms with Gasteiger partial charge in [0.25, 0.3) is 0 Å². The first-order valence-corrected chi connectivity index (χ1v) is 8.91. The van der Waals surface area contributed by atoms with Gasteiger partial charge in [-0.2, -0.15) is 0 Å². The minimum atomic E-state index is -0.109. The average Bonchev–Trinajstić information content (AvgIpc) is 2.51. The van der Waals surface area contributed by atoms with E-state index >= 15 is 0 Å². The molecule has 0 spiro atoms. The molecular formula is C19H22N2O2S. The highest BCUT2D eigenvalue weighted by Gasteiger charge is 2.06. The van der Waals surface area contributed by atoms with Gasteiger partial charge in [-0.15, -0.1) is 11.8 Å². The summed E-state index contributed by atoms with van der Waals surface area (Å²) in [6.45, 7) is 5.43. The van der Waals surface area contributed by atoms with E-state index in [0.29, 0.717) is 5.75 Å². The first-order chi connectivity index (χ1) is 11.4. The van der Waals surface area contributed by atoms with Gasteiger partial charge in [-0.05, 0) is 43.2 Å². The summed E-state index contributed by atoms with van der Waals surface area (Å²) in [6, 6.07) is 13.8. The maximum Gasteiger partial charge on any atom is 0.234 e. The highest BCUT2D eigenvalue weighted by atomic mass is 32.2. The first kappa shape index (κ1) is 18.1. The van der Waals surface area contributed by atoms with Crippen LogP contribution in [0.2, 0.25) is 0 Å². The van der Waals surface area contributed by atoms with Crippen molar-refractivity contribution in [1.82, 2.24) is 0 Å². The summed E-state index contributed by atoms with van der Waals surface area (Å²) in [6.07, 6.45) is 0. The molecule has 4 nitrogen and oxygen atoms in total. The van der Waals surface area contributed by atoms with E-state index in [1.807, 2.05) is 13.0 Å². The molecule has 0 saturated heterocycles. The summed E-state index contributed by atoms with van der Waals surface area (Å²) >= 11 is 1.59. The molecular weight excluding hydrogens is 320 g/mol. The van der Waals surface area contributed by atoms with Crippen LogP contribution in [0.4, 0.5) is 11.4 Å². The molecule has 0 heterocycles. The number of hydrogen-bond acceptors (Lipinski definition) is 3. The number of aryl methyl sites for hydroxylation is 2. The summed E-state index contributed by atoms with van der Waals surface area (Å²) in [5.74, 6) is 1.08. The van der Waals surface area contributed by atoms with Crippen molar-refractivity contribution in [2.45, 2.75) is 26.5 Å².